The number of ketones is 1. The van der Waals surface area contributed by atoms with E-state index in [2.05, 4.69) is 33.8 Å². The van der Waals surface area contributed by atoms with Crippen LogP contribution in [0.5, 0.6) is 0 Å². The lowest BCUT2D eigenvalue weighted by molar-refractivity contribution is -0.187. The molecule has 0 unspecified atom stereocenters. The Labute approximate surface area is 139 Å². The molecule has 3 heteroatoms. The highest BCUT2D eigenvalue weighted by Gasteiger charge is 2.67. The van der Waals surface area contributed by atoms with Crippen LogP contribution in [-0.4, -0.2) is 23.6 Å². The van der Waals surface area contributed by atoms with Gasteiger partial charge in [-0.15, -0.1) is 0 Å². The van der Waals surface area contributed by atoms with Crippen LogP contribution in [0.4, 0.5) is 0 Å². The minimum absolute atomic E-state index is 0.0371. The van der Waals surface area contributed by atoms with Gasteiger partial charge in [0.1, 0.15) is 12.2 Å². The van der Waals surface area contributed by atoms with Crippen LogP contribution in [0.3, 0.4) is 0 Å². The van der Waals surface area contributed by atoms with Crippen molar-refractivity contribution in [2.45, 2.75) is 71.0 Å². The van der Waals surface area contributed by atoms with Crippen molar-refractivity contribution in [2.24, 2.45) is 16.7 Å². The van der Waals surface area contributed by atoms with E-state index in [0.717, 1.165) is 31.3 Å². The van der Waals surface area contributed by atoms with Crippen LogP contribution < -0.4 is 0 Å². The summed E-state index contributed by atoms with van der Waals surface area (Å²) in [6.45, 7) is 9.54. The van der Waals surface area contributed by atoms with Crippen molar-refractivity contribution >= 4 is 5.78 Å². The lowest BCUT2D eigenvalue weighted by atomic mass is 9.46. The Morgan fingerprint density at radius 3 is 2.61 bits per heavy atom. The molecule has 0 aromatic carbocycles. The zero-order valence-electron chi connectivity index (χ0n) is 14.8. The van der Waals surface area contributed by atoms with Crippen molar-refractivity contribution < 1.29 is 14.3 Å². The van der Waals surface area contributed by atoms with Gasteiger partial charge in [0.25, 0.3) is 0 Å². The van der Waals surface area contributed by atoms with Crippen LogP contribution in [0.25, 0.3) is 0 Å². The highest BCUT2D eigenvalue weighted by Crippen LogP contribution is 2.65. The molecule has 126 valence electrons. The summed E-state index contributed by atoms with van der Waals surface area (Å²) < 4.78 is 12.3. The standard InChI is InChI=1S/C20H28O3/c1-14-12-15(21)16-17(2,3)6-5-7-18(16,4)20(14)9-8-19(23-20)10-11-22-13-19/h10-12,16H,5-9,13H2,1-4H3/t16-,18-,19+,20+/m0/s1. The van der Waals surface area contributed by atoms with Gasteiger partial charge in [-0.1, -0.05) is 27.2 Å². The number of allylic oxidation sites excluding steroid dienone is 1. The van der Waals surface area contributed by atoms with E-state index in [1.165, 1.54) is 6.42 Å². The van der Waals surface area contributed by atoms with Crippen LogP contribution in [0.1, 0.15) is 59.8 Å². The molecule has 23 heavy (non-hydrogen) atoms. The molecule has 1 saturated carbocycles. The average Bonchev–Trinajstić information content (AvgIpc) is 3.05. The molecular formula is C20H28O3. The van der Waals surface area contributed by atoms with Gasteiger partial charge in [-0.05, 0) is 55.7 Å². The lowest BCUT2D eigenvalue weighted by Gasteiger charge is -2.60. The molecule has 2 heterocycles. The van der Waals surface area contributed by atoms with Crippen molar-refractivity contribution in [1.82, 2.24) is 0 Å². The van der Waals surface area contributed by atoms with Gasteiger partial charge in [-0.3, -0.25) is 4.79 Å². The number of fused-ring (bicyclic) bond motifs is 2. The zero-order chi connectivity index (χ0) is 16.5. The molecule has 0 bridgehead atoms. The topological polar surface area (TPSA) is 35.5 Å². The highest BCUT2D eigenvalue weighted by molar-refractivity contribution is 5.95. The van der Waals surface area contributed by atoms with E-state index >= 15 is 0 Å². The van der Waals surface area contributed by atoms with Crippen LogP contribution in [0.15, 0.2) is 24.0 Å². The third kappa shape index (κ3) is 1.83. The third-order valence-electron chi connectivity index (χ3n) is 7.21. The maximum absolute atomic E-state index is 12.9. The van der Waals surface area contributed by atoms with Gasteiger partial charge in [0.2, 0.25) is 0 Å². The Balaban J connectivity index is 1.84. The van der Waals surface area contributed by atoms with E-state index in [0.29, 0.717) is 12.4 Å². The average molecular weight is 316 g/mol. The molecule has 0 aromatic rings. The minimum atomic E-state index is -0.318. The van der Waals surface area contributed by atoms with E-state index in [-0.39, 0.29) is 27.9 Å². The molecule has 0 radical (unpaired) electrons. The maximum Gasteiger partial charge on any atom is 0.160 e. The molecule has 2 aliphatic carbocycles. The summed E-state index contributed by atoms with van der Waals surface area (Å²) in [4.78, 5) is 12.9. The quantitative estimate of drug-likeness (QED) is 0.672. The van der Waals surface area contributed by atoms with E-state index in [1.54, 1.807) is 6.26 Å². The number of hydrogen-bond donors (Lipinski definition) is 0. The number of ether oxygens (including phenoxy) is 2. The molecular weight excluding hydrogens is 288 g/mol. The van der Waals surface area contributed by atoms with Gasteiger partial charge in [0.05, 0.1) is 11.9 Å². The fourth-order valence-corrected chi connectivity index (χ4v) is 6.21. The second-order valence-electron chi connectivity index (χ2n) is 9.03. The molecule has 4 atom stereocenters. The normalized spacial score (nSPS) is 47.7. The van der Waals surface area contributed by atoms with Crippen LogP contribution in [-0.2, 0) is 14.3 Å². The molecule has 3 nitrogen and oxygen atoms in total. The number of hydrogen-bond acceptors (Lipinski definition) is 3. The first-order chi connectivity index (χ1) is 10.7. The summed E-state index contributed by atoms with van der Waals surface area (Å²) in [6, 6.07) is 0. The first-order valence-corrected chi connectivity index (χ1v) is 8.97. The first kappa shape index (κ1) is 15.4. The van der Waals surface area contributed by atoms with Crippen molar-refractivity contribution in [3.8, 4) is 0 Å². The Bertz CT molecular complexity index is 616. The summed E-state index contributed by atoms with van der Waals surface area (Å²) in [7, 11) is 0. The predicted molar refractivity (Wildman–Crippen MR) is 88.9 cm³/mol. The first-order valence-electron chi connectivity index (χ1n) is 8.97. The molecule has 2 spiro atoms. The highest BCUT2D eigenvalue weighted by atomic mass is 16.6. The smallest absolute Gasteiger partial charge is 0.160 e. The third-order valence-corrected chi connectivity index (χ3v) is 7.21. The number of rotatable bonds is 0. The molecule has 4 rings (SSSR count). The molecule has 0 N–H and O–H groups in total. The van der Waals surface area contributed by atoms with Gasteiger partial charge in [0, 0.05) is 11.3 Å². The summed E-state index contributed by atoms with van der Waals surface area (Å²) in [5.74, 6) is 0.358. The van der Waals surface area contributed by atoms with Crippen molar-refractivity contribution in [1.29, 1.82) is 0 Å². The van der Waals surface area contributed by atoms with Crippen LogP contribution >= 0.6 is 0 Å². The molecule has 0 amide bonds. The van der Waals surface area contributed by atoms with E-state index in [9.17, 15) is 4.79 Å². The van der Waals surface area contributed by atoms with Gasteiger partial charge in [0.15, 0.2) is 5.78 Å². The SMILES string of the molecule is CC1=CC(=O)[C@H]2C(C)(C)CCC[C@]2(C)[C@@]12CC[C@]1(C=COC1)O2. The molecule has 4 aliphatic rings. The van der Waals surface area contributed by atoms with E-state index < -0.39 is 0 Å². The number of carbonyl (C=O) groups excluding carboxylic acids is 1. The van der Waals surface area contributed by atoms with E-state index in [1.807, 2.05) is 6.08 Å². The second-order valence-corrected chi connectivity index (χ2v) is 9.03. The fourth-order valence-electron chi connectivity index (χ4n) is 6.21. The van der Waals surface area contributed by atoms with Crippen molar-refractivity contribution in [3.63, 3.8) is 0 Å². The zero-order valence-corrected chi connectivity index (χ0v) is 14.8. The summed E-state index contributed by atoms with van der Waals surface area (Å²) >= 11 is 0. The van der Waals surface area contributed by atoms with Crippen LogP contribution in [0.2, 0.25) is 0 Å². The number of carbonyl (C=O) groups is 1. The summed E-state index contributed by atoms with van der Waals surface area (Å²) in [5.41, 5.74) is 0.433. The molecule has 1 saturated heterocycles. The van der Waals surface area contributed by atoms with Crippen LogP contribution in [0, 0.1) is 16.7 Å². The maximum atomic E-state index is 12.9. The minimum Gasteiger partial charge on any atom is -0.498 e. The molecule has 2 fully saturated rings. The van der Waals surface area contributed by atoms with Gasteiger partial charge < -0.3 is 9.47 Å². The van der Waals surface area contributed by atoms with Crippen molar-refractivity contribution in [2.75, 3.05) is 6.61 Å². The Hall–Kier alpha value is -1.09. The largest absolute Gasteiger partial charge is 0.498 e. The Kier molecular flexibility index (Phi) is 3.02. The van der Waals surface area contributed by atoms with E-state index in [4.69, 9.17) is 9.47 Å². The fraction of sp³-hybridized carbons (Fsp3) is 0.750. The van der Waals surface area contributed by atoms with Crippen molar-refractivity contribution in [3.05, 3.63) is 24.0 Å². The predicted octanol–water partition coefficient (Wildman–Crippen LogP) is 4.18. The summed E-state index contributed by atoms with van der Waals surface area (Å²) in [6.07, 6.45) is 11.1. The molecule has 0 aromatic heterocycles. The van der Waals surface area contributed by atoms with Gasteiger partial charge >= 0.3 is 0 Å². The lowest BCUT2D eigenvalue weighted by Crippen LogP contribution is -2.62. The summed E-state index contributed by atoms with van der Waals surface area (Å²) in [5, 5.41) is 0. The van der Waals surface area contributed by atoms with Gasteiger partial charge in [-0.25, -0.2) is 0 Å². The Morgan fingerprint density at radius 1 is 1.13 bits per heavy atom. The molecule has 2 aliphatic heterocycles. The monoisotopic (exact) mass is 316 g/mol. The van der Waals surface area contributed by atoms with Gasteiger partial charge in [-0.2, -0.15) is 0 Å². The Morgan fingerprint density at radius 2 is 1.91 bits per heavy atom. The second kappa shape index (κ2) is 4.50.